The third kappa shape index (κ3) is 3.18. The molecule has 1 heterocycles. The molecule has 1 fully saturated rings. The summed E-state index contributed by atoms with van der Waals surface area (Å²) in [6.07, 6.45) is 4.60. The Balaban J connectivity index is 2.20. The van der Waals surface area contributed by atoms with Crippen molar-refractivity contribution in [1.29, 1.82) is 0 Å². The van der Waals surface area contributed by atoms with E-state index in [0.29, 0.717) is 0 Å². The lowest BCUT2D eigenvalue weighted by molar-refractivity contribution is 0.169. The van der Waals surface area contributed by atoms with Crippen LogP contribution in [0.1, 0.15) is 25.7 Å². The van der Waals surface area contributed by atoms with Crippen molar-refractivity contribution in [3.63, 3.8) is 0 Å². The van der Waals surface area contributed by atoms with Gasteiger partial charge in [0.1, 0.15) is 0 Å². The van der Waals surface area contributed by atoms with Crippen LogP contribution < -0.4 is 11.1 Å². The number of amides is 2. The number of urea groups is 1. The van der Waals surface area contributed by atoms with E-state index < -0.39 is 0 Å². The summed E-state index contributed by atoms with van der Waals surface area (Å²) in [5, 5.41) is 2.66. The SMILES string of the molecule is CNC(=O)N1CCC(CCCN)CC1. The molecule has 1 rings (SSSR count). The largest absolute Gasteiger partial charge is 0.341 e. The molecule has 3 N–H and O–H groups in total. The van der Waals surface area contributed by atoms with Crippen molar-refractivity contribution in [2.24, 2.45) is 11.7 Å². The number of rotatable bonds is 3. The van der Waals surface area contributed by atoms with Gasteiger partial charge in [-0.3, -0.25) is 0 Å². The Kier molecular flexibility index (Phi) is 4.73. The molecule has 4 nitrogen and oxygen atoms in total. The van der Waals surface area contributed by atoms with Gasteiger partial charge in [0.2, 0.25) is 0 Å². The highest BCUT2D eigenvalue weighted by atomic mass is 16.2. The number of hydrogen-bond acceptors (Lipinski definition) is 2. The molecular formula is C10H21N3O. The van der Waals surface area contributed by atoms with Gasteiger partial charge in [-0.05, 0) is 38.1 Å². The molecule has 82 valence electrons. The first-order chi connectivity index (χ1) is 6.77. The topological polar surface area (TPSA) is 58.4 Å². The third-order valence-corrected chi connectivity index (χ3v) is 2.93. The molecule has 1 aliphatic rings. The van der Waals surface area contributed by atoms with Crippen molar-refractivity contribution in [2.45, 2.75) is 25.7 Å². The second kappa shape index (κ2) is 5.86. The van der Waals surface area contributed by atoms with Crippen molar-refractivity contribution >= 4 is 6.03 Å². The van der Waals surface area contributed by atoms with E-state index in [1.165, 1.54) is 6.42 Å². The summed E-state index contributed by atoms with van der Waals surface area (Å²) in [7, 11) is 1.68. The first kappa shape index (κ1) is 11.3. The number of nitrogens with two attached hydrogens (primary N) is 1. The monoisotopic (exact) mass is 199 g/mol. The molecule has 14 heavy (non-hydrogen) atoms. The molecule has 0 saturated carbocycles. The molecule has 0 aromatic heterocycles. The van der Waals surface area contributed by atoms with Crippen LogP contribution in [-0.2, 0) is 0 Å². The molecule has 0 bridgehead atoms. The summed E-state index contributed by atoms with van der Waals surface area (Å²) in [5.41, 5.74) is 5.47. The van der Waals surface area contributed by atoms with E-state index in [1.807, 2.05) is 4.90 Å². The van der Waals surface area contributed by atoms with Gasteiger partial charge in [-0.2, -0.15) is 0 Å². The van der Waals surface area contributed by atoms with Crippen LogP contribution in [0.3, 0.4) is 0 Å². The minimum Gasteiger partial charge on any atom is -0.341 e. The van der Waals surface area contributed by atoms with Crippen molar-refractivity contribution in [2.75, 3.05) is 26.7 Å². The van der Waals surface area contributed by atoms with Gasteiger partial charge in [0.05, 0.1) is 0 Å². The fourth-order valence-corrected chi connectivity index (χ4v) is 1.99. The van der Waals surface area contributed by atoms with E-state index in [0.717, 1.165) is 44.8 Å². The molecule has 0 unspecified atom stereocenters. The van der Waals surface area contributed by atoms with Crippen molar-refractivity contribution in [1.82, 2.24) is 10.2 Å². The van der Waals surface area contributed by atoms with Gasteiger partial charge in [0, 0.05) is 20.1 Å². The number of carbonyl (C=O) groups is 1. The standard InChI is InChI=1S/C10H21N3O/c1-12-10(14)13-7-4-9(5-8-13)3-2-6-11/h9H,2-8,11H2,1H3,(H,12,14). The van der Waals surface area contributed by atoms with Crippen LogP contribution in [-0.4, -0.2) is 37.6 Å². The van der Waals surface area contributed by atoms with Crippen LogP contribution in [0.2, 0.25) is 0 Å². The van der Waals surface area contributed by atoms with Crippen LogP contribution in [0, 0.1) is 5.92 Å². The summed E-state index contributed by atoms with van der Waals surface area (Å²) in [6.45, 7) is 2.58. The summed E-state index contributed by atoms with van der Waals surface area (Å²) in [5.74, 6) is 0.777. The number of nitrogens with one attached hydrogen (secondary N) is 1. The molecule has 0 atom stereocenters. The third-order valence-electron chi connectivity index (χ3n) is 2.93. The molecule has 1 saturated heterocycles. The molecule has 4 heteroatoms. The normalized spacial score (nSPS) is 18.3. The van der Waals surface area contributed by atoms with Crippen molar-refractivity contribution in [3.05, 3.63) is 0 Å². The van der Waals surface area contributed by atoms with E-state index in [2.05, 4.69) is 5.32 Å². The van der Waals surface area contributed by atoms with Crippen LogP contribution >= 0.6 is 0 Å². The fraction of sp³-hybridized carbons (Fsp3) is 0.900. The number of nitrogens with zero attached hydrogens (tertiary/aromatic N) is 1. The van der Waals surface area contributed by atoms with Gasteiger partial charge >= 0.3 is 6.03 Å². The van der Waals surface area contributed by atoms with Gasteiger partial charge in [-0.15, -0.1) is 0 Å². The van der Waals surface area contributed by atoms with Gasteiger partial charge in [-0.1, -0.05) is 0 Å². The smallest absolute Gasteiger partial charge is 0.317 e. The predicted octanol–water partition coefficient (Wildman–Crippen LogP) is 0.777. The van der Waals surface area contributed by atoms with E-state index >= 15 is 0 Å². The lowest BCUT2D eigenvalue weighted by Crippen LogP contribution is -2.43. The molecule has 0 radical (unpaired) electrons. The zero-order valence-electron chi connectivity index (χ0n) is 8.96. The van der Waals surface area contributed by atoms with Crippen LogP contribution in [0.15, 0.2) is 0 Å². The number of likely N-dealkylation sites (tertiary alicyclic amines) is 1. The minimum absolute atomic E-state index is 0.0577. The van der Waals surface area contributed by atoms with E-state index in [1.54, 1.807) is 7.05 Å². The maximum absolute atomic E-state index is 11.3. The summed E-state index contributed by atoms with van der Waals surface area (Å²) >= 11 is 0. The molecule has 0 aromatic carbocycles. The molecule has 1 aliphatic heterocycles. The Morgan fingerprint density at radius 3 is 2.64 bits per heavy atom. The Morgan fingerprint density at radius 2 is 2.14 bits per heavy atom. The Labute approximate surface area is 85.8 Å². The molecule has 2 amide bonds. The quantitative estimate of drug-likeness (QED) is 0.705. The van der Waals surface area contributed by atoms with E-state index in [-0.39, 0.29) is 6.03 Å². The summed E-state index contributed by atoms with van der Waals surface area (Å²) < 4.78 is 0. The predicted molar refractivity (Wildman–Crippen MR) is 57.0 cm³/mol. The Hall–Kier alpha value is -0.770. The molecule has 0 spiro atoms. The highest BCUT2D eigenvalue weighted by molar-refractivity contribution is 5.73. The number of hydrogen-bond donors (Lipinski definition) is 2. The second-order valence-electron chi connectivity index (χ2n) is 3.92. The summed E-state index contributed by atoms with van der Waals surface area (Å²) in [6, 6.07) is 0.0577. The van der Waals surface area contributed by atoms with Crippen LogP contribution in [0.25, 0.3) is 0 Å². The maximum atomic E-state index is 11.3. The average Bonchev–Trinajstić information content (AvgIpc) is 2.26. The van der Waals surface area contributed by atoms with E-state index in [4.69, 9.17) is 5.73 Å². The molecule has 0 aromatic rings. The lowest BCUT2D eigenvalue weighted by Gasteiger charge is -2.31. The van der Waals surface area contributed by atoms with Gasteiger partial charge in [0.25, 0.3) is 0 Å². The van der Waals surface area contributed by atoms with Crippen LogP contribution in [0.4, 0.5) is 4.79 Å². The van der Waals surface area contributed by atoms with Crippen molar-refractivity contribution in [3.8, 4) is 0 Å². The van der Waals surface area contributed by atoms with Crippen molar-refractivity contribution < 1.29 is 4.79 Å². The maximum Gasteiger partial charge on any atom is 0.317 e. The first-order valence-electron chi connectivity index (χ1n) is 5.44. The van der Waals surface area contributed by atoms with Gasteiger partial charge in [0.15, 0.2) is 0 Å². The Morgan fingerprint density at radius 1 is 1.50 bits per heavy atom. The zero-order chi connectivity index (χ0) is 10.4. The zero-order valence-corrected chi connectivity index (χ0v) is 8.96. The number of piperidine rings is 1. The lowest BCUT2D eigenvalue weighted by atomic mass is 9.92. The average molecular weight is 199 g/mol. The first-order valence-corrected chi connectivity index (χ1v) is 5.44. The summed E-state index contributed by atoms with van der Waals surface area (Å²) in [4.78, 5) is 13.2. The Bertz CT molecular complexity index is 176. The van der Waals surface area contributed by atoms with E-state index in [9.17, 15) is 4.79 Å². The number of carbonyl (C=O) groups excluding carboxylic acids is 1. The minimum atomic E-state index is 0.0577. The highest BCUT2D eigenvalue weighted by Gasteiger charge is 2.21. The molecule has 0 aliphatic carbocycles. The molecular weight excluding hydrogens is 178 g/mol. The van der Waals surface area contributed by atoms with Gasteiger partial charge < -0.3 is 16.0 Å². The fourth-order valence-electron chi connectivity index (χ4n) is 1.99. The van der Waals surface area contributed by atoms with Crippen LogP contribution in [0.5, 0.6) is 0 Å². The highest BCUT2D eigenvalue weighted by Crippen LogP contribution is 2.21. The second-order valence-corrected chi connectivity index (χ2v) is 3.92. The van der Waals surface area contributed by atoms with Gasteiger partial charge in [-0.25, -0.2) is 4.79 Å².